The van der Waals surface area contributed by atoms with Crippen LogP contribution in [0, 0.1) is 17.6 Å². The van der Waals surface area contributed by atoms with Crippen molar-refractivity contribution in [2.24, 2.45) is 5.92 Å². The molecule has 1 rings (SSSR count). The van der Waals surface area contributed by atoms with Crippen molar-refractivity contribution in [1.29, 1.82) is 0 Å². The Morgan fingerprint density at radius 3 is 2.50 bits per heavy atom. The minimum Gasteiger partial charge on any atom is -0.381 e. The first-order chi connectivity index (χ1) is 8.61. The average Bonchev–Trinajstić information content (AvgIpc) is 2.30. The maximum Gasteiger partial charge on any atom is 0.130 e. The molecular weight excluding hydrogens is 236 g/mol. The van der Waals surface area contributed by atoms with E-state index in [0.717, 1.165) is 13.0 Å². The van der Waals surface area contributed by atoms with Crippen LogP contribution >= 0.6 is 0 Å². The number of rotatable bonds is 8. The summed E-state index contributed by atoms with van der Waals surface area (Å²) in [5.74, 6) is -0.470. The third kappa shape index (κ3) is 5.56. The molecule has 4 heteroatoms. The SMILES string of the molecule is CC(C)COCCCNCc1c(F)cccc1F. The summed E-state index contributed by atoms with van der Waals surface area (Å²) in [6.07, 6.45) is 0.836. The maximum atomic E-state index is 13.3. The Morgan fingerprint density at radius 1 is 1.22 bits per heavy atom. The molecule has 0 heterocycles. The van der Waals surface area contributed by atoms with Crippen LogP contribution in [0.1, 0.15) is 25.8 Å². The van der Waals surface area contributed by atoms with E-state index in [1.165, 1.54) is 18.2 Å². The lowest BCUT2D eigenvalue weighted by molar-refractivity contribution is 0.108. The molecule has 1 aromatic carbocycles. The molecule has 0 fully saturated rings. The monoisotopic (exact) mass is 257 g/mol. The van der Waals surface area contributed by atoms with Crippen molar-refractivity contribution < 1.29 is 13.5 Å². The smallest absolute Gasteiger partial charge is 0.130 e. The molecule has 0 aliphatic carbocycles. The van der Waals surface area contributed by atoms with Crippen LogP contribution in [0.15, 0.2) is 18.2 Å². The van der Waals surface area contributed by atoms with Crippen LogP contribution in [-0.2, 0) is 11.3 Å². The Hall–Kier alpha value is -1.00. The van der Waals surface area contributed by atoms with Gasteiger partial charge in [-0.25, -0.2) is 8.78 Å². The molecule has 1 N–H and O–H groups in total. The Morgan fingerprint density at radius 2 is 1.89 bits per heavy atom. The zero-order valence-electron chi connectivity index (χ0n) is 11.0. The zero-order chi connectivity index (χ0) is 13.4. The van der Waals surface area contributed by atoms with Crippen molar-refractivity contribution in [3.8, 4) is 0 Å². The van der Waals surface area contributed by atoms with Gasteiger partial charge in [-0.05, 0) is 31.0 Å². The summed E-state index contributed by atoms with van der Waals surface area (Å²) in [5.41, 5.74) is 0.0978. The highest BCUT2D eigenvalue weighted by molar-refractivity contribution is 5.19. The largest absolute Gasteiger partial charge is 0.381 e. The summed E-state index contributed by atoms with van der Waals surface area (Å²) in [7, 11) is 0. The van der Waals surface area contributed by atoms with Gasteiger partial charge in [0.1, 0.15) is 11.6 Å². The lowest BCUT2D eigenvalue weighted by Gasteiger charge is -2.08. The van der Waals surface area contributed by atoms with Crippen molar-refractivity contribution in [3.63, 3.8) is 0 Å². The normalized spacial score (nSPS) is 11.2. The van der Waals surface area contributed by atoms with E-state index in [-0.39, 0.29) is 12.1 Å². The molecule has 18 heavy (non-hydrogen) atoms. The van der Waals surface area contributed by atoms with Crippen LogP contribution in [0.4, 0.5) is 8.78 Å². The van der Waals surface area contributed by atoms with Crippen molar-refractivity contribution >= 4 is 0 Å². The van der Waals surface area contributed by atoms with Gasteiger partial charge >= 0.3 is 0 Å². The van der Waals surface area contributed by atoms with Crippen LogP contribution in [0.5, 0.6) is 0 Å². The Bertz CT molecular complexity index is 335. The zero-order valence-corrected chi connectivity index (χ0v) is 11.0. The highest BCUT2D eigenvalue weighted by Gasteiger charge is 2.06. The fourth-order valence-electron chi connectivity index (χ4n) is 1.53. The summed E-state index contributed by atoms with van der Waals surface area (Å²) >= 11 is 0. The summed E-state index contributed by atoms with van der Waals surface area (Å²) < 4.78 is 31.9. The van der Waals surface area contributed by atoms with E-state index in [2.05, 4.69) is 19.2 Å². The summed E-state index contributed by atoms with van der Waals surface area (Å²) in [5, 5.41) is 3.01. The highest BCUT2D eigenvalue weighted by Crippen LogP contribution is 2.11. The first kappa shape index (κ1) is 15.1. The third-order valence-electron chi connectivity index (χ3n) is 2.46. The van der Waals surface area contributed by atoms with Crippen molar-refractivity contribution in [3.05, 3.63) is 35.4 Å². The predicted octanol–water partition coefficient (Wildman–Crippen LogP) is 3.12. The molecule has 0 aliphatic rings. The summed E-state index contributed by atoms with van der Waals surface area (Å²) in [4.78, 5) is 0. The fraction of sp³-hybridized carbons (Fsp3) is 0.571. The van der Waals surface area contributed by atoms with Crippen LogP contribution in [0.2, 0.25) is 0 Å². The highest BCUT2D eigenvalue weighted by atomic mass is 19.1. The number of hydrogen-bond acceptors (Lipinski definition) is 2. The molecule has 0 spiro atoms. The van der Waals surface area contributed by atoms with E-state index in [1.807, 2.05) is 0 Å². The molecule has 0 aliphatic heterocycles. The first-order valence-corrected chi connectivity index (χ1v) is 6.32. The Balaban J connectivity index is 2.14. The van der Waals surface area contributed by atoms with Gasteiger partial charge in [-0.3, -0.25) is 0 Å². The van der Waals surface area contributed by atoms with Gasteiger partial charge in [0.05, 0.1) is 0 Å². The molecule has 0 atom stereocenters. The topological polar surface area (TPSA) is 21.3 Å². The van der Waals surface area contributed by atoms with E-state index >= 15 is 0 Å². The van der Waals surface area contributed by atoms with Crippen LogP contribution < -0.4 is 5.32 Å². The number of benzene rings is 1. The maximum absolute atomic E-state index is 13.3. The molecule has 0 unspecified atom stereocenters. The number of halogens is 2. The third-order valence-corrected chi connectivity index (χ3v) is 2.46. The molecule has 0 bridgehead atoms. The van der Waals surface area contributed by atoms with Crippen molar-refractivity contribution in [1.82, 2.24) is 5.32 Å². The summed E-state index contributed by atoms with van der Waals surface area (Å²) in [6.45, 7) is 6.51. The van der Waals surface area contributed by atoms with E-state index in [9.17, 15) is 8.78 Å². The minimum atomic E-state index is -0.501. The predicted molar refractivity (Wildman–Crippen MR) is 68.3 cm³/mol. The second-order valence-corrected chi connectivity index (χ2v) is 4.70. The Kier molecular flexibility index (Phi) is 6.83. The van der Waals surface area contributed by atoms with E-state index in [4.69, 9.17) is 4.74 Å². The second-order valence-electron chi connectivity index (χ2n) is 4.70. The molecule has 0 saturated heterocycles. The molecule has 0 amide bonds. The lowest BCUT2D eigenvalue weighted by atomic mass is 10.2. The average molecular weight is 257 g/mol. The van der Waals surface area contributed by atoms with Gasteiger partial charge in [0, 0.05) is 25.3 Å². The van der Waals surface area contributed by atoms with E-state index < -0.39 is 11.6 Å². The summed E-state index contributed by atoms with van der Waals surface area (Å²) in [6, 6.07) is 3.91. The fourth-order valence-corrected chi connectivity index (χ4v) is 1.53. The van der Waals surface area contributed by atoms with Crippen molar-refractivity contribution in [2.75, 3.05) is 19.8 Å². The van der Waals surface area contributed by atoms with Gasteiger partial charge in [-0.15, -0.1) is 0 Å². The van der Waals surface area contributed by atoms with Gasteiger partial charge in [-0.1, -0.05) is 19.9 Å². The van der Waals surface area contributed by atoms with Gasteiger partial charge < -0.3 is 10.1 Å². The van der Waals surface area contributed by atoms with Gasteiger partial charge in [-0.2, -0.15) is 0 Å². The first-order valence-electron chi connectivity index (χ1n) is 6.32. The lowest BCUT2D eigenvalue weighted by Crippen LogP contribution is -2.18. The number of nitrogens with one attached hydrogen (secondary N) is 1. The molecule has 1 aromatic rings. The van der Waals surface area contributed by atoms with Gasteiger partial charge in [0.2, 0.25) is 0 Å². The molecule has 0 aromatic heterocycles. The van der Waals surface area contributed by atoms with Crippen LogP contribution in [0.25, 0.3) is 0 Å². The molecule has 102 valence electrons. The molecular formula is C14H21F2NO. The van der Waals surface area contributed by atoms with Crippen LogP contribution in [-0.4, -0.2) is 19.8 Å². The number of hydrogen-bond donors (Lipinski definition) is 1. The number of ether oxygens (including phenoxy) is 1. The second kappa shape index (κ2) is 8.16. The van der Waals surface area contributed by atoms with Crippen molar-refractivity contribution in [2.45, 2.75) is 26.8 Å². The van der Waals surface area contributed by atoms with E-state index in [1.54, 1.807) is 0 Å². The quantitative estimate of drug-likeness (QED) is 0.722. The molecule has 2 nitrogen and oxygen atoms in total. The Labute approximate surface area is 107 Å². The van der Waals surface area contributed by atoms with Gasteiger partial charge in [0.15, 0.2) is 0 Å². The van der Waals surface area contributed by atoms with Crippen LogP contribution in [0.3, 0.4) is 0 Å². The van der Waals surface area contributed by atoms with Gasteiger partial charge in [0.25, 0.3) is 0 Å². The minimum absolute atomic E-state index is 0.0978. The molecule has 0 saturated carbocycles. The molecule has 0 radical (unpaired) electrons. The standard InChI is InChI=1S/C14H21F2NO/c1-11(2)10-18-8-4-7-17-9-12-13(15)5-3-6-14(12)16/h3,5-6,11,17H,4,7-10H2,1-2H3. The van der Waals surface area contributed by atoms with E-state index in [0.29, 0.717) is 19.1 Å².